The van der Waals surface area contributed by atoms with Gasteiger partial charge in [0.25, 0.3) is 11.8 Å². The zero-order valence-electron chi connectivity index (χ0n) is 14.2. The van der Waals surface area contributed by atoms with Gasteiger partial charge in [-0.3, -0.25) is 20.4 Å². The van der Waals surface area contributed by atoms with Crippen molar-refractivity contribution in [3.63, 3.8) is 0 Å². The molecular formula is C19H15FN2O5. The quantitative estimate of drug-likeness (QED) is 0.542. The van der Waals surface area contributed by atoms with Gasteiger partial charge in [0.2, 0.25) is 0 Å². The number of carbonyl (C=O) groups is 2. The highest BCUT2D eigenvalue weighted by Gasteiger charge is 2.19. The number of amides is 2. The summed E-state index contributed by atoms with van der Waals surface area (Å²) >= 11 is 0. The Labute approximate surface area is 152 Å². The summed E-state index contributed by atoms with van der Waals surface area (Å²) < 4.78 is 23.8. The van der Waals surface area contributed by atoms with Gasteiger partial charge < -0.3 is 9.15 Å². The van der Waals surface area contributed by atoms with E-state index in [4.69, 9.17) is 9.15 Å². The van der Waals surface area contributed by atoms with Crippen LogP contribution in [0.5, 0.6) is 5.75 Å². The minimum Gasteiger partial charge on any atom is -0.478 e. The molecule has 1 aromatic heterocycles. The van der Waals surface area contributed by atoms with Gasteiger partial charge >= 0.3 is 5.63 Å². The van der Waals surface area contributed by atoms with Crippen molar-refractivity contribution >= 4 is 22.8 Å². The molecule has 0 unspecified atom stereocenters. The molecule has 1 heterocycles. The van der Waals surface area contributed by atoms with E-state index in [2.05, 4.69) is 10.9 Å². The van der Waals surface area contributed by atoms with E-state index in [9.17, 15) is 18.8 Å². The first-order valence-corrected chi connectivity index (χ1v) is 8.00. The van der Waals surface area contributed by atoms with Crippen LogP contribution < -0.4 is 21.2 Å². The molecule has 2 amide bonds. The van der Waals surface area contributed by atoms with Gasteiger partial charge in [-0.25, -0.2) is 9.18 Å². The number of hydrogen-bond donors (Lipinski definition) is 2. The number of nitrogens with one attached hydrogen (secondary N) is 2. The van der Waals surface area contributed by atoms with E-state index in [-0.39, 0.29) is 11.3 Å². The maximum Gasteiger partial charge on any atom is 0.349 e. The summed E-state index contributed by atoms with van der Waals surface area (Å²) in [6, 6.07) is 13.7. The Kier molecular flexibility index (Phi) is 5.16. The number of rotatable bonds is 4. The summed E-state index contributed by atoms with van der Waals surface area (Å²) in [5.74, 6) is -2.28. The predicted molar refractivity (Wildman–Crippen MR) is 94.6 cm³/mol. The van der Waals surface area contributed by atoms with Crippen molar-refractivity contribution < 1.29 is 23.1 Å². The van der Waals surface area contributed by atoms with Crippen molar-refractivity contribution in [2.75, 3.05) is 0 Å². The third-order valence-electron chi connectivity index (χ3n) is 3.69. The molecule has 0 radical (unpaired) electrons. The summed E-state index contributed by atoms with van der Waals surface area (Å²) in [4.78, 5) is 36.1. The minimum atomic E-state index is -1.09. The van der Waals surface area contributed by atoms with E-state index >= 15 is 0 Å². The molecule has 0 aliphatic rings. The fraction of sp³-hybridized carbons (Fsp3) is 0.105. The van der Waals surface area contributed by atoms with E-state index in [1.54, 1.807) is 30.3 Å². The summed E-state index contributed by atoms with van der Waals surface area (Å²) in [7, 11) is 0. The first kappa shape index (κ1) is 18.1. The summed E-state index contributed by atoms with van der Waals surface area (Å²) in [6.45, 7) is 1.39. The molecular weight excluding hydrogens is 355 g/mol. The van der Waals surface area contributed by atoms with Crippen LogP contribution in [0.2, 0.25) is 0 Å². The Hall–Kier alpha value is -3.68. The fourth-order valence-corrected chi connectivity index (χ4v) is 2.29. The first-order valence-electron chi connectivity index (χ1n) is 8.00. The van der Waals surface area contributed by atoms with Crippen LogP contribution >= 0.6 is 0 Å². The van der Waals surface area contributed by atoms with E-state index in [0.717, 1.165) is 0 Å². The van der Waals surface area contributed by atoms with Crippen molar-refractivity contribution in [3.05, 3.63) is 76.4 Å². The maximum atomic E-state index is 13.5. The van der Waals surface area contributed by atoms with Crippen LogP contribution in [-0.4, -0.2) is 17.9 Å². The van der Waals surface area contributed by atoms with Gasteiger partial charge in [-0.1, -0.05) is 30.3 Å². The summed E-state index contributed by atoms with van der Waals surface area (Å²) in [6.07, 6.45) is -1.09. The van der Waals surface area contributed by atoms with Crippen LogP contribution in [0.4, 0.5) is 4.39 Å². The number of hydrazine groups is 1. The Bertz CT molecular complexity index is 1060. The lowest BCUT2D eigenvalue weighted by atomic mass is 10.2. The maximum absolute atomic E-state index is 13.5. The predicted octanol–water partition coefficient (Wildman–Crippen LogP) is 2.16. The van der Waals surface area contributed by atoms with Crippen molar-refractivity contribution in [2.24, 2.45) is 0 Å². The summed E-state index contributed by atoms with van der Waals surface area (Å²) in [5, 5.41) is 0.560. The third kappa shape index (κ3) is 4.12. The number of para-hydroxylation sites is 2. The van der Waals surface area contributed by atoms with Gasteiger partial charge in [-0.2, -0.15) is 0 Å². The highest BCUT2D eigenvalue weighted by atomic mass is 19.1. The smallest absolute Gasteiger partial charge is 0.349 e. The topological polar surface area (TPSA) is 97.6 Å². The fourth-order valence-electron chi connectivity index (χ4n) is 2.29. The molecule has 2 N–H and O–H groups in total. The molecule has 7 nitrogen and oxygen atoms in total. The molecule has 138 valence electrons. The number of halogens is 1. The highest BCUT2D eigenvalue weighted by Crippen LogP contribution is 2.17. The van der Waals surface area contributed by atoms with Gasteiger partial charge in [0, 0.05) is 5.39 Å². The second-order valence-electron chi connectivity index (χ2n) is 5.62. The average Bonchev–Trinajstić information content (AvgIpc) is 2.67. The standard InChI is InChI=1S/C19H15FN2O5/c1-11(26-16-9-5-3-7-14(16)20)17(23)21-22-18(24)13-10-12-6-2-4-8-15(12)27-19(13)25/h2-11H,1H3,(H,21,23)(H,22,24)/t11-/m0/s1. The molecule has 0 saturated heterocycles. The van der Waals surface area contributed by atoms with E-state index in [1.807, 2.05) is 0 Å². The van der Waals surface area contributed by atoms with E-state index in [0.29, 0.717) is 11.0 Å². The van der Waals surface area contributed by atoms with Gasteiger partial charge in [0.05, 0.1) is 0 Å². The molecule has 3 rings (SSSR count). The SMILES string of the molecule is C[C@H](Oc1ccccc1F)C(=O)NNC(=O)c1cc2ccccc2oc1=O. The van der Waals surface area contributed by atoms with Crippen molar-refractivity contribution in [3.8, 4) is 5.75 Å². The van der Waals surface area contributed by atoms with Crippen LogP contribution in [0.1, 0.15) is 17.3 Å². The van der Waals surface area contributed by atoms with Crippen molar-refractivity contribution in [1.29, 1.82) is 0 Å². The molecule has 2 aromatic carbocycles. The Morgan fingerprint density at radius 1 is 1.07 bits per heavy atom. The molecule has 8 heteroatoms. The molecule has 0 aliphatic heterocycles. The number of ether oxygens (including phenoxy) is 1. The average molecular weight is 370 g/mol. The van der Waals surface area contributed by atoms with Gasteiger partial charge in [0.1, 0.15) is 11.1 Å². The number of carbonyl (C=O) groups excluding carboxylic acids is 2. The molecule has 0 spiro atoms. The zero-order valence-corrected chi connectivity index (χ0v) is 14.2. The van der Waals surface area contributed by atoms with Crippen LogP contribution in [0, 0.1) is 5.82 Å². The monoisotopic (exact) mass is 370 g/mol. The molecule has 0 saturated carbocycles. The van der Waals surface area contributed by atoms with Crippen molar-refractivity contribution in [1.82, 2.24) is 10.9 Å². The van der Waals surface area contributed by atoms with Crippen LogP contribution in [-0.2, 0) is 4.79 Å². The molecule has 0 fully saturated rings. The largest absolute Gasteiger partial charge is 0.478 e. The third-order valence-corrected chi connectivity index (χ3v) is 3.69. The molecule has 0 aliphatic carbocycles. The highest BCUT2D eigenvalue weighted by molar-refractivity contribution is 5.97. The van der Waals surface area contributed by atoms with Crippen LogP contribution in [0.3, 0.4) is 0 Å². The number of fused-ring (bicyclic) bond motifs is 1. The van der Waals surface area contributed by atoms with Crippen molar-refractivity contribution in [2.45, 2.75) is 13.0 Å². The van der Waals surface area contributed by atoms with Gasteiger partial charge in [-0.15, -0.1) is 0 Å². The number of hydrogen-bond acceptors (Lipinski definition) is 5. The second kappa shape index (κ2) is 7.69. The second-order valence-corrected chi connectivity index (χ2v) is 5.62. The Morgan fingerprint density at radius 2 is 1.78 bits per heavy atom. The summed E-state index contributed by atoms with van der Waals surface area (Å²) in [5.41, 5.74) is 3.48. The lowest BCUT2D eigenvalue weighted by molar-refractivity contribution is -0.128. The van der Waals surface area contributed by atoms with Gasteiger partial charge in [-0.05, 0) is 31.2 Å². The number of benzene rings is 2. The van der Waals surface area contributed by atoms with E-state index < -0.39 is 29.4 Å². The van der Waals surface area contributed by atoms with E-state index in [1.165, 1.54) is 31.2 Å². The zero-order chi connectivity index (χ0) is 19.4. The first-order chi connectivity index (χ1) is 13.0. The van der Waals surface area contributed by atoms with Crippen LogP contribution in [0.25, 0.3) is 11.0 Å². The minimum absolute atomic E-state index is 0.0957. The lowest BCUT2D eigenvalue weighted by Gasteiger charge is -2.15. The Morgan fingerprint density at radius 3 is 2.56 bits per heavy atom. The molecule has 27 heavy (non-hydrogen) atoms. The Balaban J connectivity index is 1.65. The molecule has 0 bridgehead atoms. The van der Waals surface area contributed by atoms with Gasteiger partial charge in [0.15, 0.2) is 17.7 Å². The normalized spacial score (nSPS) is 11.6. The molecule has 1 atom stereocenters. The molecule has 3 aromatic rings. The van der Waals surface area contributed by atoms with Crippen LogP contribution in [0.15, 0.2) is 63.8 Å². The lowest BCUT2D eigenvalue weighted by Crippen LogP contribution is -2.48.